The predicted octanol–water partition coefficient (Wildman–Crippen LogP) is 2.60. The Hall–Kier alpha value is -1.32. The lowest BCUT2D eigenvalue weighted by atomic mass is 10.2. The van der Waals surface area contributed by atoms with E-state index in [-0.39, 0.29) is 12.9 Å². The first-order valence-electron chi connectivity index (χ1n) is 6.04. The molecule has 1 unspecified atom stereocenters. The number of aliphatic hydroxyl groups excluding tert-OH is 1. The highest BCUT2D eigenvalue weighted by Gasteiger charge is 2.14. The molecule has 2 rings (SSSR count). The van der Waals surface area contributed by atoms with Gasteiger partial charge in [-0.2, -0.15) is 0 Å². The lowest BCUT2D eigenvalue weighted by Crippen LogP contribution is -2.24. The van der Waals surface area contributed by atoms with Crippen molar-refractivity contribution in [3.63, 3.8) is 0 Å². The zero-order valence-corrected chi connectivity index (χ0v) is 9.84. The molecule has 0 spiro atoms. The van der Waals surface area contributed by atoms with Crippen molar-refractivity contribution in [2.45, 2.75) is 25.6 Å². The Morgan fingerprint density at radius 1 is 1.29 bits per heavy atom. The van der Waals surface area contributed by atoms with Gasteiger partial charge in [-0.15, -0.1) is 0 Å². The van der Waals surface area contributed by atoms with Gasteiger partial charge in [0.15, 0.2) is 6.29 Å². The van der Waals surface area contributed by atoms with E-state index in [1.54, 1.807) is 6.08 Å². The fourth-order valence-electron chi connectivity index (χ4n) is 1.80. The molecule has 0 radical (unpaired) electrons. The van der Waals surface area contributed by atoms with Crippen molar-refractivity contribution in [3.8, 4) is 5.75 Å². The number of ether oxygens (including phenoxy) is 2. The Morgan fingerprint density at radius 2 is 2.12 bits per heavy atom. The van der Waals surface area contributed by atoms with Gasteiger partial charge in [0.1, 0.15) is 5.75 Å². The summed E-state index contributed by atoms with van der Waals surface area (Å²) in [5, 5.41) is 8.67. The topological polar surface area (TPSA) is 38.7 Å². The van der Waals surface area contributed by atoms with Gasteiger partial charge in [-0.1, -0.05) is 24.3 Å². The molecular formula is C14H18O3. The maximum atomic E-state index is 8.67. The van der Waals surface area contributed by atoms with Crippen LogP contribution in [0.2, 0.25) is 0 Å². The van der Waals surface area contributed by atoms with Gasteiger partial charge >= 0.3 is 0 Å². The summed E-state index contributed by atoms with van der Waals surface area (Å²) >= 11 is 0. The Bertz CT molecular complexity index is 350. The van der Waals surface area contributed by atoms with Crippen LogP contribution in [0.25, 0.3) is 6.08 Å². The van der Waals surface area contributed by atoms with Crippen LogP contribution in [-0.2, 0) is 4.74 Å². The van der Waals surface area contributed by atoms with Crippen LogP contribution < -0.4 is 4.74 Å². The zero-order chi connectivity index (χ0) is 11.9. The molecule has 1 N–H and O–H groups in total. The van der Waals surface area contributed by atoms with Gasteiger partial charge < -0.3 is 14.6 Å². The largest absolute Gasteiger partial charge is 0.465 e. The second-order valence-corrected chi connectivity index (χ2v) is 4.07. The Kier molecular flexibility index (Phi) is 4.59. The fourth-order valence-corrected chi connectivity index (χ4v) is 1.80. The van der Waals surface area contributed by atoms with E-state index < -0.39 is 0 Å². The summed E-state index contributed by atoms with van der Waals surface area (Å²) in [5.74, 6) is 0.832. The van der Waals surface area contributed by atoms with Gasteiger partial charge in [0.05, 0.1) is 13.2 Å². The molecule has 0 aliphatic carbocycles. The van der Waals surface area contributed by atoms with Crippen LogP contribution in [0.4, 0.5) is 0 Å². The average molecular weight is 234 g/mol. The highest BCUT2D eigenvalue weighted by atomic mass is 16.7. The Balaban J connectivity index is 1.90. The molecule has 3 nitrogen and oxygen atoms in total. The molecule has 0 aromatic heterocycles. The molecule has 1 saturated heterocycles. The van der Waals surface area contributed by atoms with Crippen molar-refractivity contribution in [2.75, 3.05) is 13.2 Å². The van der Waals surface area contributed by atoms with Crippen LogP contribution in [-0.4, -0.2) is 24.6 Å². The van der Waals surface area contributed by atoms with Crippen molar-refractivity contribution < 1.29 is 14.6 Å². The molecule has 92 valence electrons. The third kappa shape index (κ3) is 3.88. The van der Waals surface area contributed by atoms with Crippen LogP contribution >= 0.6 is 0 Å². The summed E-state index contributed by atoms with van der Waals surface area (Å²) in [5.41, 5.74) is 1.05. The average Bonchev–Trinajstić information content (AvgIpc) is 2.39. The standard InChI is InChI=1S/C14H18O3/c15-10-3-4-12-6-8-13(9-7-12)17-14-5-1-2-11-16-14/h3-4,6-9,14-15H,1-2,5,10-11H2/b4-3+. The summed E-state index contributed by atoms with van der Waals surface area (Å²) in [7, 11) is 0. The Labute approximate surface area is 102 Å². The van der Waals surface area contributed by atoms with Crippen molar-refractivity contribution in [1.82, 2.24) is 0 Å². The van der Waals surface area contributed by atoms with E-state index in [1.165, 1.54) is 6.42 Å². The van der Waals surface area contributed by atoms with E-state index in [0.29, 0.717) is 0 Å². The van der Waals surface area contributed by atoms with E-state index in [1.807, 2.05) is 30.3 Å². The molecule has 3 heteroatoms. The van der Waals surface area contributed by atoms with Crippen molar-refractivity contribution in [3.05, 3.63) is 35.9 Å². The minimum absolute atomic E-state index is 0.0637. The summed E-state index contributed by atoms with van der Waals surface area (Å²) in [4.78, 5) is 0. The quantitative estimate of drug-likeness (QED) is 0.870. The van der Waals surface area contributed by atoms with Crippen LogP contribution in [0, 0.1) is 0 Å². The van der Waals surface area contributed by atoms with E-state index in [0.717, 1.165) is 30.8 Å². The van der Waals surface area contributed by atoms with Crippen LogP contribution in [0.3, 0.4) is 0 Å². The lowest BCUT2D eigenvalue weighted by Gasteiger charge is -2.23. The molecule has 0 saturated carbocycles. The number of hydrogen-bond acceptors (Lipinski definition) is 3. The minimum Gasteiger partial charge on any atom is -0.465 e. The van der Waals surface area contributed by atoms with E-state index in [9.17, 15) is 0 Å². The van der Waals surface area contributed by atoms with E-state index >= 15 is 0 Å². The van der Waals surface area contributed by atoms with Crippen molar-refractivity contribution in [2.24, 2.45) is 0 Å². The van der Waals surface area contributed by atoms with Gasteiger partial charge in [0.25, 0.3) is 0 Å². The summed E-state index contributed by atoms with van der Waals surface area (Å²) in [6.45, 7) is 0.857. The second-order valence-electron chi connectivity index (χ2n) is 4.07. The molecule has 1 fully saturated rings. The molecule has 0 bridgehead atoms. The predicted molar refractivity (Wildman–Crippen MR) is 66.8 cm³/mol. The first kappa shape index (κ1) is 12.1. The Morgan fingerprint density at radius 3 is 2.76 bits per heavy atom. The zero-order valence-electron chi connectivity index (χ0n) is 9.84. The van der Waals surface area contributed by atoms with E-state index in [4.69, 9.17) is 14.6 Å². The molecule has 0 amide bonds. The van der Waals surface area contributed by atoms with Gasteiger partial charge in [-0.05, 0) is 30.5 Å². The third-order valence-electron chi connectivity index (χ3n) is 2.70. The first-order chi connectivity index (χ1) is 8.38. The molecule has 17 heavy (non-hydrogen) atoms. The highest BCUT2D eigenvalue weighted by molar-refractivity contribution is 5.50. The number of aliphatic hydroxyl groups is 1. The second kappa shape index (κ2) is 6.42. The van der Waals surface area contributed by atoms with Gasteiger partial charge in [0.2, 0.25) is 0 Å². The van der Waals surface area contributed by atoms with E-state index in [2.05, 4.69) is 0 Å². The maximum Gasteiger partial charge on any atom is 0.199 e. The molecular weight excluding hydrogens is 216 g/mol. The molecule has 1 atom stereocenters. The first-order valence-corrected chi connectivity index (χ1v) is 6.04. The highest BCUT2D eigenvalue weighted by Crippen LogP contribution is 2.19. The summed E-state index contributed by atoms with van der Waals surface area (Å²) in [6.07, 6.45) is 6.75. The van der Waals surface area contributed by atoms with Gasteiger partial charge in [0, 0.05) is 6.42 Å². The van der Waals surface area contributed by atoms with Crippen LogP contribution in [0.15, 0.2) is 30.3 Å². The minimum atomic E-state index is -0.0948. The third-order valence-corrected chi connectivity index (χ3v) is 2.70. The van der Waals surface area contributed by atoms with Crippen molar-refractivity contribution in [1.29, 1.82) is 0 Å². The molecule has 1 aliphatic rings. The monoisotopic (exact) mass is 234 g/mol. The number of hydrogen-bond donors (Lipinski definition) is 1. The fraction of sp³-hybridized carbons (Fsp3) is 0.429. The number of benzene rings is 1. The number of rotatable bonds is 4. The molecule has 1 aliphatic heterocycles. The normalized spacial score (nSPS) is 20.6. The smallest absolute Gasteiger partial charge is 0.199 e. The SMILES string of the molecule is OC/C=C/c1ccc(OC2CCCCO2)cc1. The van der Waals surface area contributed by atoms with Crippen LogP contribution in [0.5, 0.6) is 5.75 Å². The van der Waals surface area contributed by atoms with Gasteiger partial charge in [-0.3, -0.25) is 0 Å². The lowest BCUT2D eigenvalue weighted by molar-refractivity contribution is -0.105. The molecule has 1 aromatic rings. The maximum absolute atomic E-state index is 8.67. The van der Waals surface area contributed by atoms with Gasteiger partial charge in [-0.25, -0.2) is 0 Å². The molecule has 1 aromatic carbocycles. The van der Waals surface area contributed by atoms with Crippen molar-refractivity contribution >= 4 is 6.08 Å². The summed E-state index contributed by atoms with van der Waals surface area (Å²) < 4.78 is 11.2. The van der Waals surface area contributed by atoms with Crippen LogP contribution in [0.1, 0.15) is 24.8 Å². The summed E-state index contributed by atoms with van der Waals surface area (Å²) in [6, 6.07) is 7.78. The molecule has 1 heterocycles.